The predicted octanol–water partition coefficient (Wildman–Crippen LogP) is -0.956. The Hall–Kier alpha value is -3.37. The van der Waals surface area contributed by atoms with E-state index in [4.69, 9.17) is 16.9 Å². The molecule has 2 aromatic heterocycles. The fourth-order valence-electron chi connectivity index (χ4n) is 2.05. The molecule has 0 spiro atoms. The van der Waals surface area contributed by atoms with E-state index >= 15 is 0 Å². The Bertz CT molecular complexity index is 789. The van der Waals surface area contributed by atoms with Gasteiger partial charge in [0.15, 0.2) is 0 Å². The maximum atomic E-state index is 12.1. The lowest BCUT2D eigenvalue weighted by Gasteiger charge is -2.04. The Labute approximate surface area is 137 Å². The largest absolute Gasteiger partial charge is 0.388 e. The van der Waals surface area contributed by atoms with Crippen molar-refractivity contribution in [3.05, 3.63) is 23.8 Å². The summed E-state index contributed by atoms with van der Waals surface area (Å²) >= 11 is 0. The summed E-state index contributed by atoms with van der Waals surface area (Å²) in [6, 6.07) is 1.53. The highest BCUT2D eigenvalue weighted by atomic mass is 16.2. The molecule has 0 saturated heterocycles. The number of amidine groups is 1. The molecule has 24 heavy (non-hydrogen) atoms. The van der Waals surface area contributed by atoms with Gasteiger partial charge in [0.2, 0.25) is 11.8 Å². The molecule has 2 aromatic rings. The first-order valence-corrected chi connectivity index (χ1v) is 7.03. The molecule has 11 heteroatoms. The molecule has 0 atom stereocenters. The number of aromatic nitrogens is 4. The van der Waals surface area contributed by atoms with E-state index in [2.05, 4.69) is 20.7 Å². The molecule has 0 radical (unpaired) electrons. The third-order valence-electron chi connectivity index (χ3n) is 3.16. The number of hydrogen-bond acceptors (Lipinski definition) is 6. The lowest BCUT2D eigenvalue weighted by molar-refractivity contribution is 0.0945. The Morgan fingerprint density at radius 2 is 2.04 bits per heavy atom. The van der Waals surface area contributed by atoms with E-state index in [0.717, 1.165) is 0 Å². The molecule has 0 aliphatic heterocycles. The van der Waals surface area contributed by atoms with Crippen molar-refractivity contribution in [1.82, 2.24) is 24.6 Å². The summed E-state index contributed by atoms with van der Waals surface area (Å²) < 4.78 is 2.84. The van der Waals surface area contributed by atoms with Gasteiger partial charge in [-0.15, -0.1) is 5.10 Å². The second-order valence-electron chi connectivity index (χ2n) is 5.13. The van der Waals surface area contributed by atoms with Crippen molar-refractivity contribution < 1.29 is 9.59 Å². The molecule has 0 unspecified atom stereocenters. The number of nitrogens with two attached hydrogens (primary N) is 2. The zero-order chi connectivity index (χ0) is 17.9. The van der Waals surface area contributed by atoms with E-state index in [1.807, 2.05) is 0 Å². The van der Waals surface area contributed by atoms with Gasteiger partial charge in [-0.05, 0) is 6.07 Å². The quantitative estimate of drug-likeness (QED) is 0.337. The molecule has 2 rings (SSSR count). The van der Waals surface area contributed by atoms with Crippen LogP contribution in [0.25, 0.3) is 0 Å². The lowest BCUT2D eigenvalue weighted by atomic mass is 10.3. The monoisotopic (exact) mass is 333 g/mol. The molecule has 7 N–H and O–H groups in total. The third-order valence-corrected chi connectivity index (χ3v) is 3.16. The minimum Gasteiger partial charge on any atom is -0.388 e. The Morgan fingerprint density at radius 3 is 2.62 bits per heavy atom. The van der Waals surface area contributed by atoms with E-state index in [-0.39, 0.29) is 36.5 Å². The van der Waals surface area contributed by atoms with Crippen molar-refractivity contribution in [2.75, 3.05) is 17.6 Å². The SMILES string of the molecule is Cn1cc(NC(=O)c2nc(N)nn2C)cc1C(=O)NCCC(=N)N. The highest BCUT2D eigenvalue weighted by molar-refractivity contribution is 6.03. The average Bonchev–Trinajstić information content (AvgIpc) is 3.00. The number of aryl methyl sites for hydroxylation is 2. The second-order valence-corrected chi connectivity index (χ2v) is 5.13. The Balaban J connectivity index is 2.05. The summed E-state index contributed by atoms with van der Waals surface area (Å²) in [4.78, 5) is 28.1. The molecular weight excluding hydrogens is 314 g/mol. The average molecular weight is 333 g/mol. The minimum absolute atomic E-state index is 0.00116. The maximum Gasteiger partial charge on any atom is 0.293 e. The van der Waals surface area contributed by atoms with Gasteiger partial charge in [-0.2, -0.15) is 4.98 Å². The van der Waals surface area contributed by atoms with Crippen LogP contribution in [-0.4, -0.2) is 43.5 Å². The van der Waals surface area contributed by atoms with Crippen molar-refractivity contribution >= 4 is 29.3 Å². The van der Waals surface area contributed by atoms with Gasteiger partial charge in [0.1, 0.15) is 5.69 Å². The van der Waals surface area contributed by atoms with Gasteiger partial charge < -0.3 is 26.7 Å². The van der Waals surface area contributed by atoms with Crippen LogP contribution in [0.3, 0.4) is 0 Å². The molecule has 128 valence electrons. The van der Waals surface area contributed by atoms with Crippen molar-refractivity contribution in [3.8, 4) is 0 Å². The number of nitrogens with one attached hydrogen (secondary N) is 3. The summed E-state index contributed by atoms with van der Waals surface area (Å²) in [5, 5.41) is 16.2. The summed E-state index contributed by atoms with van der Waals surface area (Å²) in [6.45, 7) is 0.263. The first-order chi connectivity index (χ1) is 11.3. The van der Waals surface area contributed by atoms with Crippen LogP contribution in [0.1, 0.15) is 27.5 Å². The van der Waals surface area contributed by atoms with Gasteiger partial charge in [-0.1, -0.05) is 0 Å². The topological polar surface area (TPSA) is 170 Å². The summed E-state index contributed by atoms with van der Waals surface area (Å²) in [7, 11) is 3.23. The molecule has 0 aliphatic carbocycles. The number of carbonyl (C=O) groups is 2. The van der Waals surface area contributed by atoms with Crippen LogP contribution in [0.2, 0.25) is 0 Å². The van der Waals surface area contributed by atoms with Crippen LogP contribution in [0.4, 0.5) is 11.6 Å². The maximum absolute atomic E-state index is 12.1. The second kappa shape index (κ2) is 6.81. The van der Waals surface area contributed by atoms with E-state index in [1.54, 1.807) is 24.9 Å². The first-order valence-electron chi connectivity index (χ1n) is 7.03. The van der Waals surface area contributed by atoms with Gasteiger partial charge in [0.05, 0.1) is 11.5 Å². The van der Waals surface area contributed by atoms with Gasteiger partial charge in [0, 0.05) is 33.3 Å². The predicted molar refractivity (Wildman–Crippen MR) is 87.6 cm³/mol. The Kier molecular flexibility index (Phi) is 4.82. The van der Waals surface area contributed by atoms with Gasteiger partial charge >= 0.3 is 0 Å². The summed E-state index contributed by atoms with van der Waals surface area (Å²) in [6.07, 6.45) is 1.87. The first kappa shape index (κ1) is 17.0. The molecule has 0 aliphatic rings. The molecule has 2 amide bonds. The van der Waals surface area contributed by atoms with Crippen LogP contribution in [0, 0.1) is 5.41 Å². The molecule has 0 fully saturated rings. The van der Waals surface area contributed by atoms with Crippen LogP contribution in [-0.2, 0) is 14.1 Å². The van der Waals surface area contributed by atoms with E-state index < -0.39 is 5.91 Å². The molecule has 0 bridgehead atoms. The number of amides is 2. The van der Waals surface area contributed by atoms with Crippen molar-refractivity contribution in [3.63, 3.8) is 0 Å². The highest BCUT2D eigenvalue weighted by Gasteiger charge is 2.17. The highest BCUT2D eigenvalue weighted by Crippen LogP contribution is 2.14. The van der Waals surface area contributed by atoms with E-state index in [1.165, 1.54) is 10.7 Å². The third kappa shape index (κ3) is 3.88. The fourth-order valence-corrected chi connectivity index (χ4v) is 2.05. The number of hydrogen-bond donors (Lipinski definition) is 5. The standard InChI is InChI=1S/C13H19N9O2/c1-21-6-7(5-8(21)11(23)17-4-3-9(14)15)18-12(24)10-19-13(16)20-22(10)2/h5-6H,3-4H2,1-2H3,(H3,14,15)(H2,16,20)(H,17,23)(H,18,24). The zero-order valence-electron chi connectivity index (χ0n) is 13.3. The number of nitrogen functional groups attached to an aromatic ring is 1. The number of nitrogens with zero attached hydrogens (tertiary/aromatic N) is 4. The van der Waals surface area contributed by atoms with Crippen molar-refractivity contribution in [1.29, 1.82) is 5.41 Å². The minimum atomic E-state index is -0.490. The van der Waals surface area contributed by atoms with E-state index in [0.29, 0.717) is 11.4 Å². The summed E-state index contributed by atoms with van der Waals surface area (Å²) in [5.74, 6) is -0.763. The number of rotatable bonds is 6. The zero-order valence-corrected chi connectivity index (χ0v) is 13.3. The van der Waals surface area contributed by atoms with Crippen LogP contribution >= 0.6 is 0 Å². The molecule has 0 aromatic carbocycles. The number of anilines is 2. The van der Waals surface area contributed by atoms with Gasteiger partial charge in [0.25, 0.3) is 11.8 Å². The number of carbonyl (C=O) groups excluding carboxylic acids is 2. The van der Waals surface area contributed by atoms with Crippen LogP contribution in [0.5, 0.6) is 0 Å². The van der Waals surface area contributed by atoms with Gasteiger partial charge in [-0.25, -0.2) is 4.68 Å². The Morgan fingerprint density at radius 1 is 1.33 bits per heavy atom. The molecule has 11 nitrogen and oxygen atoms in total. The van der Waals surface area contributed by atoms with Crippen molar-refractivity contribution in [2.24, 2.45) is 19.8 Å². The van der Waals surface area contributed by atoms with Gasteiger partial charge in [-0.3, -0.25) is 15.0 Å². The normalized spacial score (nSPS) is 10.4. The molecule has 0 saturated carbocycles. The van der Waals surface area contributed by atoms with E-state index in [9.17, 15) is 9.59 Å². The van der Waals surface area contributed by atoms with Crippen LogP contribution in [0.15, 0.2) is 12.3 Å². The molecular formula is C13H19N9O2. The smallest absolute Gasteiger partial charge is 0.293 e. The van der Waals surface area contributed by atoms with Crippen molar-refractivity contribution in [2.45, 2.75) is 6.42 Å². The lowest BCUT2D eigenvalue weighted by Crippen LogP contribution is -2.28. The molecule has 2 heterocycles. The summed E-state index contributed by atoms with van der Waals surface area (Å²) in [5.41, 5.74) is 11.5. The fraction of sp³-hybridized carbons (Fsp3) is 0.308. The van der Waals surface area contributed by atoms with Crippen LogP contribution < -0.4 is 22.1 Å².